The van der Waals surface area contributed by atoms with E-state index in [2.05, 4.69) is 0 Å². The minimum absolute atomic E-state index is 0. The molecule has 5 N–H and O–H groups in total. The number of rotatable bonds is 4. The fraction of sp³-hybridized carbons (Fsp3) is 0.182. The Morgan fingerprint density at radius 1 is 0.800 bits per heavy atom. The fourth-order valence-electron chi connectivity index (χ4n) is 1.04. The number of benzene rings is 1. The third-order valence-corrected chi connectivity index (χ3v) is 1.83. The molecule has 9 heteroatoms. The second-order valence-corrected chi connectivity index (χ2v) is 3.12. The molecule has 108 valence electrons. The average Bonchev–Trinajstić information content (AvgIpc) is 2.37. The maximum Gasteiger partial charge on any atom is 0.336 e. The summed E-state index contributed by atoms with van der Waals surface area (Å²) in [6.45, 7) is -0.250. The molecule has 0 aliphatic rings. The van der Waals surface area contributed by atoms with Crippen molar-refractivity contribution in [2.24, 2.45) is 0 Å². The van der Waals surface area contributed by atoms with Crippen molar-refractivity contribution < 1.29 is 61.6 Å². The Morgan fingerprint density at radius 3 is 1.55 bits per heavy atom. The predicted octanol–water partition coefficient (Wildman–Crippen LogP) is -0.250. The summed E-state index contributed by atoms with van der Waals surface area (Å²) < 4.78 is 0. The summed E-state index contributed by atoms with van der Waals surface area (Å²) >= 11 is 0. The average molecular weight is 320 g/mol. The Kier molecular flexibility index (Phi) is 10.4. The van der Waals surface area contributed by atoms with Gasteiger partial charge in [-0.25, -0.2) is 14.4 Å². The first-order valence-electron chi connectivity index (χ1n) is 4.90. The second kappa shape index (κ2) is 10.1. The fourth-order valence-corrected chi connectivity index (χ4v) is 1.04. The van der Waals surface area contributed by atoms with E-state index in [0.717, 1.165) is 18.2 Å². The Hall–Kier alpha value is -1.74. The van der Waals surface area contributed by atoms with Gasteiger partial charge in [0.25, 0.3) is 0 Å². The van der Waals surface area contributed by atoms with Crippen LogP contribution in [0.5, 0.6) is 0 Å². The van der Waals surface area contributed by atoms with E-state index in [0.29, 0.717) is 0 Å². The zero-order valence-corrected chi connectivity index (χ0v) is 11.7. The SMILES string of the molecule is O=C(O)c1ccc(C(=O)O)c(C(=O)O)c1.OCCO.[Ti]. The van der Waals surface area contributed by atoms with Crippen LogP contribution in [0, 0.1) is 0 Å². The third-order valence-electron chi connectivity index (χ3n) is 1.83. The predicted molar refractivity (Wildman–Crippen MR) is 61.5 cm³/mol. The van der Waals surface area contributed by atoms with Gasteiger partial charge in [0, 0.05) is 21.7 Å². The number of hydrogen-bond acceptors (Lipinski definition) is 5. The van der Waals surface area contributed by atoms with E-state index in [9.17, 15) is 14.4 Å². The molecule has 8 nitrogen and oxygen atoms in total. The van der Waals surface area contributed by atoms with Crippen molar-refractivity contribution in [2.45, 2.75) is 0 Å². The van der Waals surface area contributed by atoms with Crippen molar-refractivity contribution in [1.82, 2.24) is 0 Å². The molecule has 1 aromatic carbocycles. The molecule has 0 atom stereocenters. The van der Waals surface area contributed by atoms with Crippen molar-refractivity contribution in [3.05, 3.63) is 34.9 Å². The Labute approximate surface area is 128 Å². The molecule has 1 rings (SSSR count). The summed E-state index contributed by atoms with van der Waals surface area (Å²) in [5, 5.41) is 41.1. The number of hydrogen-bond donors (Lipinski definition) is 5. The smallest absolute Gasteiger partial charge is 0.336 e. The van der Waals surface area contributed by atoms with E-state index in [4.69, 9.17) is 25.5 Å². The summed E-state index contributed by atoms with van der Waals surface area (Å²) in [5.74, 6) is -4.20. The molecule has 0 spiro atoms. The molecule has 0 heterocycles. The number of carbonyl (C=O) groups is 3. The van der Waals surface area contributed by atoms with E-state index in [1.807, 2.05) is 0 Å². The first-order chi connectivity index (χ1) is 8.84. The van der Waals surface area contributed by atoms with Crippen LogP contribution < -0.4 is 0 Å². The van der Waals surface area contributed by atoms with Gasteiger partial charge in [-0.05, 0) is 18.2 Å². The molecule has 1 aromatic rings. The molecule has 0 fully saturated rings. The molecule has 0 aliphatic heterocycles. The Bertz CT molecular complexity index is 483. The summed E-state index contributed by atoms with van der Waals surface area (Å²) in [4.78, 5) is 31.8. The van der Waals surface area contributed by atoms with Gasteiger partial charge in [0.05, 0.1) is 29.9 Å². The summed E-state index contributed by atoms with van der Waals surface area (Å²) in [6.07, 6.45) is 0. The van der Waals surface area contributed by atoms with Crippen LogP contribution in [0.4, 0.5) is 0 Å². The van der Waals surface area contributed by atoms with Crippen molar-refractivity contribution in [1.29, 1.82) is 0 Å². The van der Waals surface area contributed by atoms with Gasteiger partial charge in [0.1, 0.15) is 0 Å². The molecular weight excluding hydrogens is 308 g/mol. The summed E-state index contributed by atoms with van der Waals surface area (Å²) in [5.41, 5.74) is -1.24. The number of aromatic carboxylic acids is 3. The number of aliphatic hydroxyl groups excluding tert-OH is 2. The van der Waals surface area contributed by atoms with E-state index in [-0.39, 0.29) is 40.5 Å². The van der Waals surface area contributed by atoms with Gasteiger partial charge in [-0.15, -0.1) is 0 Å². The van der Waals surface area contributed by atoms with Crippen molar-refractivity contribution in [2.75, 3.05) is 13.2 Å². The first-order valence-corrected chi connectivity index (χ1v) is 4.90. The number of aliphatic hydroxyl groups is 2. The van der Waals surface area contributed by atoms with Crippen LogP contribution in [0.1, 0.15) is 31.1 Å². The largest absolute Gasteiger partial charge is 0.478 e. The molecule has 20 heavy (non-hydrogen) atoms. The van der Waals surface area contributed by atoms with Crippen LogP contribution in [-0.2, 0) is 21.7 Å². The minimum atomic E-state index is -1.48. The minimum Gasteiger partial charge on any atom is -0.478 e. The second-order valence-electron chi connectivity index (χ2n) is 3.12. The summed E-state index contributed by atoms with van der Waals surface area (Å²) in [7, 11) is 0. The van der Waals surface area contributed by atoms with Crippen LogP contribution >= 0.6 is 0 Å². The zero-order chi connectivity index (χ0) is 15.0. The first kappa shape index (κ1) is 20.6. The molecule has 0 radical (unpaired) electrons. The molecule has 0 saturated carbocycles. The van der Waals surface area contributed by atoms with Crippen molar-refractivity contribution in [3.8, 4) is 0 Å². The molecule has 0 bridgehead atoms. The Balaban J connectivity index is 0. The van der Waals surface area contributed by atoms with E-state index >= 15 is 0 Å². The maximum atomic E-state index is 10.6. The van der Waals surface area contributed by atoms with E-state index in [1.165, 1.54) is 0 Å². The van der Waals surface area contributed by atoms with E-state index in [1.54, 1.807) is 0 Å². The molecule has 0 amide bonds. The molecule has 0 unspecified atom stereocenters. The van der Waals surface area contributed by atoms with Gasteiger partial charge in [0.15, 0.2) is 0 Å². The molecule has 0 aliphatic carbocycles. The van der Waals surface area contributed by atoms with Gasteiger partial charge in [-0.1, -0.05) is 0 Å². The zero-order valence-electron chi connectivity index (χ0n) is 10.1. The molecule has 0 saturated heterocycles. The standard InChI is InChI=1S/C9H6O6.C2H6O2.Ti/c10-7(11)4-1-2-5(8(12)13)6(3-4)9(14)15;3-1-2-4;/h1-3H,(H,10,11)(H,12,13)(H,14,15);3-4H,1-2H2;. The van der Waals surface area contributed by atoms with Gasteiger partial charge < -0.3 is 25.5 Å². The van der Waals surface area contributed by atoms with Gasteiger partial charge in [-0.2, -0.15) is 0 Å². The van der Waals surface area contributed by atoms with Crippen molar-refractivity contribution >= 4 is 17.9 Å². The van der Waals surface area contributed by atoms with E-state index < -0.39 is 29.0 Å². The quantitative estimate of drug-likeness (QED) is 0.476. The summed E-state index contributed by atoms with van der Waals surface area (Å²) in [6, 6.07) is 2.81. The van der Waals surface area contributed by atoms with Crippen molar-refractivity contribution in [3.63, 3.8) is 0 Å². The topological polar surface area (TPSA) is 152 Å². The maximum absolute atomic E-state index is 10.6. The molecule has 0 aromatic heterocycles. The normalized spacial score (nSPS) is 8.70. The third kappa shape index (κ3) is 6.44. The van der Waals surface area contributed by atoms with Gasteiger partial charge in [-0.3, -0.25) is 0 Å². The monoisotopic (exact) mass is 320 g/mol. The number of carboxylic acid groups (broad SMARTS) is 3. The molecular formula is C11H12O8Ti. The number of carboxylic acids is 3. The van der Waals surface area contributed by atoms with Crippen LogP contribution in [0.2, 0.25) is 0 Å². The Morgan fingerprint density at radius 2 is 1.25 bits per heavy atom. The van der Waals surface area contributed by atoms with Crippen LogP contribution in [-0.4, -0.2) is 56.7 Å². The van der Waals surface area contributed by atoms with Gasteiger partial charge in [0.2, 0.25) is 0 Å². The van der Waals surface area contributed by atoms with Crippen LogP contribution in [0.3, 0.4) is 0 Å². The van der Waals surface area contributed by atoms with Crippen LogP contribution in [0.25, 0.3) is 0 Å². The van der Waals surface area contributed by atoms with Gasteiger partial charge >= 0.3 is 17.9 Å². The van der Waals surface area contributed by atoms with Crippen LogP contribution in [0.15, 0.2) is 18.2 Å².